The minimum absolute atomic E-state index is 0.232. The number of furan rings is 1. The monoisotopic (exact) mass is 352 g/mol. The van der Waals surface area contributed by atoms with Gasteiger partial charge in [-0.15, -0.1) is 11.3 Å². The van der Waals surface area contributed by atoms with E-state index in [0.717, 1.165) is 17.7 Å². The highest BCUT2D eigenvalue weighted by Crippen LogP contribution is 2.25. The zero-order chi connectivity index (χ0) is 17.6. The molecule has 0 saturated carbocycles. The van der Waals surface area contributed by atoms with Gasteiger partial charge in [-0.05, 0) is 36.1 Å². The van der Waals surface area contributed by atoms with E-state index in [1.165, 1.54) is 23.0 Å². The van der Waals surface area contributed by atoms with E-state index >= 15 is 0 Å². The predicted octanol–water partition coefficient (Wildman–Crippen LogP) is 5.25. The molecule has 0 aliphatic carbocycles. The van der Waals surface area contributed by atoms with E-state index < -0.39 is 0 Å². The average Bonchev–Trinajstić information content (AvgIpc) is 3.25. The van der Waals surface area contributed by atoms with Crippen molar-refractivity contribution in [2.45, 2.75) is 20.3 Å². The smallest absolute Gasteiger partial charge is 0.250 e. The molecule has 0 aliphatic heterocycles. The van der Waals surface area contributed by atoms with Gasteiger partial charge in [0, 0.05) is 17.0 Å². The van der Waals surface area contributed by atoms with Crippen molar-refractivity contribution < 1.29 is 9.21 Å². The second-order valence-electron chi connectivity index (χ2n) is 6.17. The Hall–Kier alpha value is -2.66. The summed E-state index contributed by atoms with van der Waals surface area (Å²) >= 11 is 1.41. The lowest BCUT2D eigenvalue weighted by Gasteiger charge is -2.05. The summed E-state index contributed by atoms with van der Waals surface area (Å²) in [6.07, 6.45) is 5.69. The summed E-state index contributed by atoms with van der Waals surface area (Å²) in [5.74, 6) is 1.04. The molecular weight excluding hydrogens is 332 g/mol. The number of anilines is 1. The molecule has 128 valence electrons. The minimum atomic E-state index is -0.232. The van der Waals surface area contributed by atoms with Crippen molar-refractivity contribution in [3.8, 4) is 11.3 Å². The number of hydrogen-bond acceptors (Lipinski definition) is 4. The van der Waals surface area contributed by atoms with Gasteiger partial charge in [-0.3, -0.25) is 10.1 Å². The van der Waals surface area contributed by atoms with Crippen LogP contribution in [-0.2, 0) is 11.2 Å². The zero-order valence-electron chi connectivity index (χ0n) is 14.2. The highest BCUT2D eigenvalue weighted by Gasteiger charge is 2.07. The maximum absolute atomic E-state index is 11.9. The van der Waals surface area contributed by atoms with Crippen LogP contribution >= 0.6 is 11.3 Å². The Morgan fingerprint density at radius 1 is 1.28 bits per heavy atom. The summed E-state index contributed by atoms with van der Waals surface area (Å²) in [5, 5.41) is 5.30. The number of carbonyl (C=O) groups excluding carboxylic acids is 1. The predicted molar refractivity (Wildman–Crippen MR) is 102 cm³/mol. The molecule has 25 heavy (non-hydrogen) atoms. The second-order valence-corrected chi connectivity index (χ2v) is 7.03. The van der Waals surface area contributed by atoms with Gasteiger partial charge in [-0.2, -0.15) is 0 Å². The van der Waals surface area contributed by atoms with Gasteiger partial charge in [0.1, 0.15) is 5.76 Å². The lowest BCUT2D eigenvalue weighted by atomic mass is 10.0. The first kappa shape index (κ1) is 17.2. The zero-order valence-corrected chi connectivity index (χ0v) is 15.0. The van der Waals surface area contributed by atoms with Crippen molar-refractivity contribution in [1.82, 2.24) is 4.98 Å². The maximum Gasteiger partial charge on any atom is 0.250 e. The molecule has 0 aliphatic rings. The second kappa shape index (κ2) is 7.94. The van der Waals surface area contributed by atoms with Crippen LogP contribution in [0.5, 0.6) is 0 Å². The van der Waals surface area contributed by atoms with E-state index in [1.54, 1.807) is 24.5 Å². The Bertz CT molecular complexity index is 846. The molecule has 0 spiro atoms. The van der Waals surface area contributed by atoms with E-state index in [2.05, 4.69) is 48.4 Å². The number of nitrogens with zero attached hydrogens (tertiary/aromatic N) is 1. The molecule has 4 nitrogen and oxygen atoms in total. The summed E-state index contributed by atoms with van der Waals surface area (Å²) in [6, 6.07) is 12.0. The van der Waals surface area contributed by atoms with Crippen molar-refractivity contribution >= 4 is 28.5 Å². The molecule has 2 aromatic heterocycles. The fourth-order valence-electron chi connectivity index (χ4n) is 2.44. The Balaban J connectivity index is 1.63. The number of aromatic nitrogens is 1. The van der Waals surface area contributed by atoms with Crippen molar-refractivity contribution in [2.75, 3.05) is 5.32 Å². The molecule has 0 radical (unpaired) electrons. The first-order valence-electron chi connectivity index (χ1n) is 8.17. The summed E-state index contributed by atoms with van der Waals surface area (Å²) < 4.78 is 5.15. The third-order valence-corrected chi connectivity index (χ3v) is 4.33. The molecule has 1 amide bonds. The maximum atomic E-state index is 11.9. The van der Waals surface area contributed by atoms with Crippen LogP contribution in [0.25, 0.3) is 17.3 Å². The third kappa shape index (κ3) is 4.90. The van der Waals surface area contributed by atoms with E-state index in [4.69, 9.17) is 4.42 Å². The SMILES string of the molecule is CC(C)Cc1ccc(-c2csc(NC(=O)C=Cc3ccco3)n2)cc1. The van der Waals surface area contributed by atoms with E-state index in [1.807, 2.05) is 5.38 Å². The van der Waals surface area contributed by atoms with Gasteiger partial charge in [0.05, 0.1) is 12.0 Å². The first-order valence-corrected chi connectivity index (χ1v) is 9.05. The Morgan fingerprint density at radius 2 is 2.08 bits per heavy atom. The van der Waals surface area contributed by atoms with Crippen molar-refractivity contribution in [2.24, 2.45) is 5.92 Å². The van der Waals surface area contributed by atoms with Gasteiger partial charge in [-0.25, -0.2) is 4.98 Å². The van der Waals surface area contributed by atoms with E-state index in [9.17, 15) is 4.79 Å². The Kier molecular flexibility index (Phi) is 5.46. The van der Waals surface area contributed by atoms with E-state index in [-0.39, 0.29) is 5.91 Å². The Morgan fingerprint density at radius 3 is 2.76 bits per heavy atom. The van der Waals surface area contributed by atoms with Crippen LogP contribution in [-0.4, -0.2) is 10.9 Å². The van der Waals surface area contributed by atoms with Gasteiger partial charge < -0.3 is 4.42 Å². The Labute approximate surface area is 151 Å². The minimum Gasteiger partial charge on any atom is -0.465 e. The lowest BCUT2D eigenvalue weighted by molar-refractivity contribution is -0.111. The normalized spacial score (nSPS) is 11.3. The molecule has 0 fully saturated rings. The average molecular weight is 352 g/mol. The van der Waals surface area contributed by atoms with Crippen LogP contribution in [0.2, 0.25) is 0 Å². The van der Waals surface area contributed by atoms with Crippen molar-refractivity contribution in [1.29, 1.82) is 0 Å². The quantitative estimate of drug-likeness (QED) is 0.616. The van der Waals surface area contributed by atoms with Gasteiger partial charge >= 0.3 is 0 Å². The van der Waals surface area contributed by atoms with Crippen molar-refractivity contribution in [3.63, 3.8) is 0 Å². The molecule has 0 unspecified atom stereocenters. The number of rotatable bonds is 6. The van der Waals surface area contributed by atoms with Crippen LogP contribution < -0.4 is 5.32 Å². The standard InChI is InChI=1S/C20H20N2O2S/c1-14(2)12-15-5-7-16(8-6-15)18-13-25-20(21-18)22-19(23)10-9-17-4-3-11-24-17/h3-11,13-14H,12H2,1-2H3,(H,21,22,23). The van der Waals surface area contributed by atoms with E-state index in [0.29, 0.717) is 16.8 Å². The summed E-state index contributed by atoms with van der Waals surface area (Å²) in [7, 11) is 0. The largest absolute Gasteiger partial charge is 0.465 e. The van der Waals surface area contributed by atoms with Gasteiger partial charge in [0.2, 0.25) is 5.91 Å². The number of benzene rings is 1. The molecule has 0 bridgehead atoms. The van der Waals surface area contributed by atoms with Crippen LogP contribution in [0.1, 0.15) is 25.2 Å². The fourth-order valence-corrected chi connectivity index (χ4v) is 3.16. The van der Waals surface area contributed by atoms with Crippen LogP contribution in [0.15, 0.2) is 58.5 Å². The highest BCUT2D eigenvalue weighted by atomic mass is 32.1. The number of nitrogens with one attached hydrogen (secondary N) is 1. The summed E-state index contributed by atoms with van der Waals surface area (Å²) in [4.78, 5) is 16.4. The van der Waals surface area contributed by atoms with Crippen molar-refractivity contribution in [3.05, 3.63) is 65.4 Å². The first-order chi connectivity index (χ1) is 12.1. The molecule has 1 aromatic carbocycles. The third-order valence-electron chi connectivity index (χ3n) is 3.57. The van der Waals surface area contributed by atoms with Crippen LogP contribution in [0.3, 0.4) is 0 Å². The molecule has 5 heteroatoms. The lowest BCUT2D eigenvalue weighted by Crippen LogP contribution is -2.07. The number of carbonyl (C=O) groups is 1. The molecule has 0 atom stereocenters. The summed E-state index contributed by atoms with van der Waals surface area (Å²) in [5.41, 5.74) is 3.24. The summed E-state index contributed by atoms with van der Waals surface area (Å²) in [6.45, 7) is 4.42. The fraction of sp³-hybridized carbons (Fsp3) is 0.200. The van der Waals surface area contributed by atoms with Gasteiger partial charge in [-0.1, -0.05) is 38.1 Å². The molecule has 3 rings (SSSR count). The molecule has 3 aromatic rings. The van der Waals surface area contributed by atoms with Crippen LogP contribution in [0.4, 0.5) is 5.13 Å². The molecule has 0 saturated heterocycles. The molecule has 2 heterocycles. The topological polar surface area (TPSA) is 55.1 Å². The molecule has 1 N–H and O–H groups in total. The number of hydrogen-bond donors (Lipinski definition) is 1. The number of thiazole rings is 1. The highest BCUT2D eigenvalue weighted by molar-refractivity contribution is 7.14. The van der Waals surface area contributed by atoms with Crippen LogP contribution in [0, 0.1) is 5.92 Å². The molecular formula is C20H20N2O2S. The van der Waals surface area contributed by atoms with Gasteiger partial charge in [0.15, 0.2) is 5.13 Å². The van der Waals surface area contributed by atoms with Gasteiger partial charge in [0.25, 0.3) is 0 Å². The number of amides is 1.